The minimum Gasteiger partial charge on any atom is -0.481 e. The van der Waals surface area contributed by atoms with E-state index in [2.05, 4.69) is 0 Å². The van der Waals surface area contributed by atoms with Crippen LogP contribution in [0.15, 0.2) is 18.2 Å². The van der Waals surface area contributed by atoms with Crippen LogP contribution in [0, 0.1) is 13.8 Å². The second-order valence-electron chi connectivity index (χ2n) is 5.48. The number of hydrogen-bond donors (Lipinski definition) is 1. The van der Waals surface area contributed by atoms with E-state index >= 15 is 0 Å². The average molecular weight is 292 g/mol. The molecule has 0 radical (unpaired) electrons. The maximum Gasteiger partial charge on any atom is 0.313 e. The third-order valence-electron chi connectivity index (χ3n) is 3.76. The summed E-state index contributed by atoms with van der Waals surface area (Å²) in [5.41, 5.74) is 3.06. The predicted octanol–water partition coefficient (Wildman–Crippen LogP) is 3.59. The third kappa shape index (κ3) is 5.21. The molecule has 0 spiro atoms. The first-order valence-corrected chi connectivity index (χ1v) is 7.34. The van der Waals surface area contributed by atoms with Crippen LogP contribution >= 0.6 is 0 Å². The van der Waals surface area contributed by atoms with Crippen LogP contribution < -0.4 is 0 Å². The minimum absolute atomic E-state index is 0.0484. The number of carbonyl (C=O) groups excluding carboxylic acids is 1. The number of esters is 1. The highest BCUT2D eigenvalue weighted by Crippen LogP contribution is 2.26. The van der Waals surface area contributed by atoms with Crippen molar-refractivity contribution >= 4 is 11.9 Å². The van der Waals surface area contributed by atoms with E-state index in [4.69, 9.17) is 9.84 Å². The molecule has 0 amide bonds. The van der Waals surface area contributed by atoms with Gasteiger partial charge in [0, 0.05) is 6.42 Å². The van der Waals surface area contributed by atoms with Gasteiger partial charge in [-0.05, 0) is 50.3 Å². The van der Waals surface area contributed by atoms with E-state index in [0.29, 0.717) is 0 Å². The van der Waals surface area contributed by atoms with E-state index in [1.54, 1.807) is 0 Å². The Labute approximate surface area is 126 Å². The van der Waals surface area contributed by atoms with Crippen LogP contribution in [0.2, 0.25) is 0 Å². The van der Waals surface area contributed by atoms with E-state index < -0.39 is 11.9 Å². The molecular weight excluding hydrogens is 268 g/mol. The van der Waals surface area contributed by atoms with Gasteiger partial charge in [-0.25, -0.2) is 0 Å². The highest BCUT2D eigenvalue weighted by Gasteiger charge is 2.24. The summed E-state index contributed by atoms with van der Waals surface area (Å²) in [5.74, 6) is -1.76. The number of carboxylic acids is 1. The Morgan fingerprint density at radius 3 is 2.43 bits per heavy atom. The van der Waals surface area contributed by atoms with E-state index in [0.717, 1.165) is 23.1 Å². The van der Waals surface area contributed by atoms with Crippen LogP contribution in [0.25, 0.3) is 0 Å². The summed E-state index contributed by atoms with van der Waals surface area (Å²) in [6.07, 6.45) is 0.793. The number of carboxylic acid groups (broad SMARTS) is 1. The van der Waals surface area contributed by atoms with Gasteiger partial charge in [0.05, 0.1) is 12.0 Å². The SMILES string of the molecule is CCC(C)OC(=O)C(CCC(=O)O)c1ccc(C)c(C)c1. The fourth-order valence-electron chi connectivity index (χ4n) is 2.03. The van der Waals surface area contributed by atoms with Crippen molar-refractivity contribution in [2.45, 2.75) is 59.0 Å². The van der Waals surface area contributed by atoms with Crippen molar-refractivity contribution in [2.75, 3.05) is 0 Å². The Balaban J connectivity index is 2.97. The topological polar surface area (TPSA) is 63.6 Å². The average Bonchev–Trinajstić information content (AvgIpc) is 2.42. The molecule has 0 aromatic heterocycles. The molecule has 0 fully saturated rings. The molecule has 1 rings (SSSR count). The quantitative estimate of drug-likeness (QED) is 0.780. The highest BCUT2D eigenvalue weighted by molar-refractivity contribution is 5.79. The van der Waals surface area contributed by atoms with Gasteiger partial charge in [-0.2, -0.15) is 0 Å². The van der Waals surface area contributed by atoms with Crippen LogP contribution in [0.5, 0.6) is 0 Å². The van der Waals surface area contributed by atoms with E-state index in [-0.39, 0.29) is 24.9 Å². The Morgan fingerprint density at radius 1 is 1.24 bits per heavy atom. The second kappa shape index (κ2) is 7.81. The summed E-state index contributed by atoms with van der Waals surface area (Å²) in [7, 11) is 0. The molecule has 2 unspecified atom stereocenters. The summed E-state index contributed by atoms with van der Waals surface area (Å²) >= 11 is 0. The van der Waals surface area contributed by atoms with Crippen molar-refractivity contribution in [1.29, 1.82) is 0 Å². The summed E-state index contributed by atoms with van der Waals surface area (Å²) in [6, 6.07) is 5.78. The van der Waals surface area contributed by atoms with Crippen molar-refractivity contribution in [3.63, 3.8) is 0 Å². The Morgan fingerprint density at radius 2 is 1.90 bits per heavy atom. The number of aryl methyl sites for hydroxylation is 2. The standard InChI is InChI=1S/C17H24O4/c1-5-13(4)21-17(20)15(8-9-16(18)19)14-7-6-11(2)12(3)10-14/h6-7,10,13,15H,5,8-9H2,1-4H3,(H,18,19). The molecule has 4 heteroatoms. The van der Waals surface area contributed by atoms with Gasteiger partial charge in [0.15, 0.2) is 0 Å². The van der Waals surface area contributed by atoms with Gasteiger partial charge in [-0.1, -0.05) is 25.1 Å². The lowest BCUT2D eigenvalue weighted by molar-refractivity contribution is -0.150. The first kappa shape index (κ1) is 17.2. The first-order valence-electron chi connectivity index (χ1n) is 7.34. The monoisotopic (exact) mass is 292 g/mol. The molecule has 0 aliphatic rings. The number of aliphatic carboxylic acids is 1. The molecule has 4 nitrogen and oxygen atoms in total. The summed E-state index contributed by atoms with van der Waals surface area (Å²) in [5, 5.41) is 8.87. The molecule has 0 heterocycles. The minimum atomic E-state index is -0.903. The second-order valence-corrected chi connectivity index (χ2v) is 5.48. The molecule has 0 saturated carbocycles. The lowest BCUT2D eigenvalue weighted by Crippen LogP contribution is -2.22. The number of carbonyl (C=O) groups is 2. The van der Waals surface area contributed by atoms with Crippen molar-refractivity contribution in [3.05, 3.63) is 34.9 Å². The lowest BCUT2D eigenvalue weighted by atomic mass is 9.92. The number of hydrogen-bond acceptors (Lipinski definition) is 3. The van der Waals surface area contributed by atoms with E-state index in [1.807, 2.05) is 45.9 Å². The first-order chi connectivity index (χ1) is 9.85. The van der Waals surface area contributed by atoms with Crippen molar-refractivity contribution < 1.29 is 19.4 Å². The summed E-state index contributed by atoms with van der Waals surface area (Å²) in [4.78, 5) is 23.1. The lowest BCUT2D eigenvalue weighted by Gasteiger charge is -2.19. The molecule has 1 aromatic carbocycles. The molecule has 0 saturated heterocycles. The van der Waals surface area contributed by atoms with Crippen LogP contribution in [-0.2, 0) is 14.3 Å². The number of benzene rings is 1. The molecule has 1 aromatic rings. The maximum atomic E-state index is 12.3. The van der Waals surface area contributed by atoms with Gasteiger partial charge in [-0.15, -0.1) is 0 Å². The zero-order valence-electron chi connectivity index (χ0n) is 13.2. The zero-order valence-corrected chi connectivity index (χ0v) is 13.2. The summed E-state index contributed by atoms with van der Waals surface area (Å²) in [6.45, 7) is 7.77. The van der Waals surface area contributed by atoms with Gasteiger partial charge < -0.3 is 9.84 Å². The largest absolute Gasteiger partial charge is 0.481 e. The van der Waals surface area contributed by atoms with Crippen molar-refractivity contribution in [2.24, 2.45) is 0 Å². The highest BCUT2D eigenvalue weighted by atomic mass is 16.5. The van der Waals surface area contributed by atoms with Gasteiger partial charge in [-0.3, -0.25) is 9.59 Å². The van der Waals surface area contributed by atoms with Gasteiger partial charge in [0.2, 0.25) is 0 Å². The molecule has 2 atom stereocenters. The van der Waals surface area contributed by atoms with Gasteiger partial charge in [0.25, 0.3) is 0 Å². The normalized spacial score (nSPS) is 13.5. The predicted molar refractivity (Wildman–Crippen MR) is 81.4 cm³/mol. The van der Waals surface area contributed by atoms with Crippen LogP contribution in [0.3, 0.4) is 0 Å². The molecule has 0 aliphatic carbocycles. The Bertz CT molecular complexity index is 508. The van der Waals surface area contributed by atoms with E-state index in [1.165, 1.54) is 0 Å². The third-order valence-corrected chi connectivity index (χ3v) is 3.76. The smallest absolute Gasteiger partial charge is 0.313 e. The number of rotatable bonds is 7. The van der Waals surface area contributed by atoms with Gasteiger partial charge >= 0.3 is 11.9 Å². The molecule has 116 valence electrons. The van der Waals surface area contributed by atoms with Crippen molar-refractivity contribution in [1.82, 2.24) is 0 Å². The van der Waals surface area contributed by atoms with Gasteiger partial charge in [0.1, 0.15) is 0 Å². The molecule has 1 N–H and O–H groups in total. The zero-order chi connectivity index (χ0) is 16.0. The van der Waals surface area contributed by atoms with Crippen LogP contribution in [0.1, 0.15) is 55.7 Å². The molecule has 0 aliphatic heterocycles. The molecule has 0 bridgehead atoms. The summed E-state index contributed by atoms with van der Waals surface area (Å²) < 4.78 is 5.39. The van der Waals surface area contributed by atoms with Crippen molar-refractivity contribution in [3.8, 4) is 0 Å². The maximum absolute atomic E-state index is 12.3. The molecular formula is C17H24O4. The van der Waals surface area contributed by atoms with E-state index in [9.17, 15) is 9.59 Å². The Kier molecular flexibility index (Phi) is 6.40. The fourth-order valence-corrected chi connectivity index (χ4v) is 2.03. The molecule has 21 heavy (non-hydrogen) atoms. The Hall–Kier alpha value is -1.84. The number of ether oxygens (including phenoxy) is 1. The fraction of sp³-hybridized carbons (Fsp3) is 0.529. The van der Waals surface area contributed by atoms with Crippen LogP contribution in [0.4, 0.5) is 0 Å². The van der Waals surface area contributed by atoms with Crippen LogP contribution in [-0.4, -0.2) is 23.1 Å².